The van der Waals surface area contributed by atoms with Gasteiger partial charge in [-0.1, -0.05) is 55.5 Å². The first kappa shape index (κ1) is 12.2. The van der Waals surface area contributed by atoms with Gasteiger partial charge < -0.3 is 5.11 Å². The first-order chi connectivity index (χ1) is 9.68. The van der Waals surface area contributed by atoms with Crippen LogP contribution in [0.2, 0.25) is 0 Å². The van der Waals surface area contributed by atoms with E-state index in [1.54, 1.807) is 0 Å². The summed E-state index contributed by atoms with van der Waals surface area (Å²) in [5.41, 5.74) is 4.64. The minimum Gasteiger partial charge on any atom is -0.385 e. The lowest BCUT2D eigenvalue weighted by Crippen LogP contribution is -2.43. The lowest BCUT2D eigenvalue weighted by atomic mass is 9.69. The Labute approximate surface area is 120 Å². The molecular formula is C19H20O. The summed E-state index contributed by atoms with van der Waals surface area (Å²) in [4.78, 5) is 0. The molecule has 1 heteroatoms. The minimum absolute atomic E-state index is 0.0326. The average molecular weight is 264 g/mol. The zero-order chi connectivity index (χ0) is 13.8. The lowest BCUT2D eigenvalue weighted by Gasteiger charge is -2.40. The van der Waals surface area contributed by atoms with E-state index in [1.165, 1.54) is 16.7 Å². The quantitative estimate of drug-likeness (QED) is 0.834. The van der Waals surface area contributed by atoms with Crippen LogP contribution in [-0.4, -0.2) is 5.11 Å². The van der Waals surface area contributed by atoms with E-state index in [-0.39, 0.29) is 5.41 Å². The zero-order valence-corrected chi connectivity index (χ0v) is 11.9. The SMILES string of the molecule is CCC1(O)c2ccccc2CC12Cc1ccccc1C2. The maximum Gasteiger partial charge on any atom is 0.0962 e. The van der Waals surface area contributed by atoms with Crippen LogP contribution in [0.4, 0.5) is 0 Å². The number of fused-ring (bicyclic) bond motifs is 2. The van der Waals surface area contributed by atoms with Gasteiger partial charge in [0.1, 0.15) is 0 Å². The molecule has 1 N–H and O–H groups in total. The maximum absolute atomic E-state index is 11.5. The second-order valence-electron chi connectivity index (χ2n) is 6.45. The van der Waals surface area contributed by atoms with Crippen molar-refractivity contribution in [1.29, 1.82) is 0 Å². The molecule has 2 aromatic carbocycles. The summed E-state index contributed by atoms with van der Waals surface area (Å²) in [6, 6.07) is 17.1. The highest BCUT2D eigenvalue weighted by Crippen LogP contribution is 2.58. The van der Waals surface area contributed by atoms with E-state index in [0.29, 0.717) is 0 Å². The summed E-state index contributed by atoms with van der Waals surface area (Å²) in [6.07, 6.45) is 3.80. The highest BCUT2D eigenvalue weighted by Gasteiger charge is 2.57. The van der Waals surface area contributed by atoms with Gasteiger partial charge in [-0.05, 0) is 47.9 Å². The fraction of sp³-hybridized carbons (Fsp3) is 0.368. The van der Waals surface area contributed by atoms with Gasteiger partial charge in [-0.2, -0.15) is 0 Å². The maximum atomic E-state index is 11.5. The van der Waals surface area contributed by atoms with Gasteiger partial charge in [0.25, 0.3) is 0 Å². The van der Waals surface area contributed by atoms with Crippen molar-refractivity contribution in [3.63, 3.8) is 0 Å². The number of hydrogen-bond acceptors (Lipinski definition) is 1. The van der Waals surface area contributed by atoms with Gasteiger partial charge in [0.2, 0.25) is 0 Å². The Morgan fingerprint density at radius 3 is 1.95 bits per heavy atom. The van der Waals surface area contributed by atoms with Crippen LogP contribution in [-0.2, 0) is 24.9 Å². The Morgan fingerprint density at radius 1 is 0.850 bits per heavy atom. The van der Waals surface area contributed by atoms with Gasteiger partial charge in [-0.3, -0.25) is 0 Å². The molecule has 102 valence electrons. The Bertz CT molecular complexity index is 642. The van der Waals surface area contributed by atoms with Crippen molar-refractivity contribution in [2.45, 2.75) is 38.2 Å². The molecular weight excluding hydrogens is 244 g/mol. The Balaban J connectivity index is 1.86. The van der Waals surface area contributed by atoms with E-state index in [2.05, 4.69) is 55.5 Å². The first-order valence-electron chi connectivity index (χ1n) is 7.56. The van der Waals surface area contributed by atoms with Crippen molar-refractivity contribution in [3.05, 3.63) is 70.8 Å². The molecule has 20 heavy (non-hydrogen) atoms. The largest absolute Gasteiger partial charge is 0.385 e. The Morgan fingerprint density at radius 2 is 1.35 bits per heavy atom. The molecule has 0 aromatic heterocycles. The van der Waals surface area contributed by atoms with Crippen molar-refractivity contribution in [3.8, 4) is 0 Å². The Kier molecular flexibility index (Phi) is 2.41. The van der Waals surface area contributed by atoms with Crippen molar-refractivity contribution < 1.29 is 5.11 Å². The number of hydrogen-bond donors (Lipinski definition) is 1. The third-order valence-corrected chi connectivity index (χ3v) is 5.56. The van der Waals surface area contributed by atoms with Gasteiger partial charge in [0, 0.05) is 5.41 Å². The molecule has 0 fully saturated rings. The van der Waals surface area contributed by atoms with Crippen LogP contribution in [0.15, 0.2) is 48.5 Å². The molecule has 0 aliphatic heterocycles. The molecule has 2 aliphatic rings. The normalized spacial score (nSPS) is 25.7. The van der Waals surface area contributed by atoms with Crippen LogP contribution in [0, 0.1) is 5.41 Å². The van der Waals surface area contributed by atoms with Crippen molar-refractivity contribution >= 4 is 0 Å². The van der Waals surface area contributed by atoms with E-state index >= 15 is 0 Å². The summed E-state index contributed by atoms with van der Waals surface area (Å²) >= 11 is 0. The van der Waals surface area contributed by atoms with Crippen LogP contribution in [0.25, 0.3) is 0 Å². The van der Waals surface area contributed by atoms with Gasteiger partial charge in [-0.15, -0.1) is 0 Å². The van der Waals surface area contributed by atoms with Crippen molar-refractivity contribution in [2.75, 3.05) is 0 Å². The molecule has 4 rings (SSSR count). The molecule has 0 bridgehead atoms. The van der Waals surface area contributed by atoms with E-state index in [9.17, 15) is 5.11 Å². The van der Waals surface area contributed by atoms with E-state index in [4.69, 9.17) is 0 Å². The summed E-state index contributed by atoms with van der Waals surface area (Å²) in [7, 11) is 0. The summed E-state index contributed by atoms with van der Waals surface area (Å²) < 4.78 is 0. The highest BCUT2D eigenvalue weighted by atomic mass is 16.3. The average Bonchev–Trinajstić information content (AvgIpc) is 2.96. The molecule has 0 saturated carbocycles. The topological polar surface area (TPSA) is 20.2 Å². The second-order valence-corrected chi connectivity index (χ2v) is 6.45. The lowest BCUT2D eigenvalue weighted by molar-refractivity contribution is -0.0770. The van der Waals surface area contributed by atoms with Gasteiger partial charge in [-0.25, -0.2) is 0 Å². The molecule has 1 atom stereocenters. The third kappa shape index (κ3) is 1.36. The van der Waals surface area contributed by atoms with Crippen molar-refractivity contribution in [1.82, 2.24) is 0 Å². The summed E-state index contributed by atoms with van der Waals surface area (Å²) in [6.45, 7) is 2.12. The molecule has 2 aromatic rings. The fourth-order valence-electron chi connectivity index (χ4n) is 4.55. The van der Waals surface area contributed by atoms with Crippen LogP contribution in [0.3, 0.4) is 0 Å². The van der Waals surface area contributed by atoms with Gasteiger partial charge in [0.15, 0.2) is 0 Å². The molecule has 1 nitrogen and oxygen atoms in total. The smallest absolute Gasteiger partial charge is 0.0962 e. The minimum atomic E-state index is -0.678. The molecule has 2 aliphatic carbocycles. The van der Waals surface area contributed by atoms with Crippen molar-refractivity contribution in [2.24, 2.45) is 5.41 Å². The molecule has 0 saturated heterocycles. The molecule has 1 spiro atoms. The predicted molar refractivity (Wildman–Crippen MR) is 80.6 cm³/mol. The third-order valence-electron chi connectivity index (χ3n) is 5.56. The first-order valence-corrected chi connectivity index (χ1v) is 7.56. The molecule has 1 unspecified atom stereocenters. The molecule has 0 heterocycles. The number of rotatable bonds is 1. The summed E-state index contributed by atoms with van der Waals surface area (Å²) in [5.74, 6) is 0. The van der Waals surface area contributed by atoms with E-state index in [1.807, 2.05) is 0 Å². The van der Waals surface area contributed by atoms with Crippen LogP contribution >= 0.6 is 0 Å². The fourth-order valence-corrected chi connectivity index (χ4v) is 4.55. The molecule has 0 amide bonds. The van der Waals surface area contributed by atoms with E-state index in [0.717, 1.165) is 31.2 Å². The second kappa shape index (κ2) is 3.95. The summed E-state index contributed by atoms with van der Waals surface area (Å²) in [5, 5.41) is 11.5. The standard InChI is InChI=1S/C19H20O/c1-2-19(20)17-10-6-5-9-16(17)13-18(19)11-14-7-3-4-8-15(14)12-18/h3-10,20H,2,11-13H2,1H3. The van der Waals surface area contributed by atoms with Gasteiger partial charge >= 0.3 is 0 Å². The number of aliphatic hydroxyl groups is 1. The zero-order valence-electron chi connectivity index (χ0n) is 11.9. The van der Waals surface area contributed by atoms with Crippen LogP contribution in [0.5, 0.6) is 0 Å². The Hall–Kier alpha value is -1.60. The number of benzene rings is 2. The monoisotopic (exact) mass is 264 g/mol. The van der Waals surface area contributed by atoms with Crippen LogP contribution in [0.1, 0.15) is 35.6 Å². The van der Waals surface area contributed by atoms with Gasteiger partial charge in [0.05, 0.1) is 5.60 Å². The predicted octanol–water partition coefficient (Wildman–Crippen LogP) is 3.63. The van der Waals surface area contributed by atoms with E-state index < -0.39 is 5.60 Å². The van der Waals surface area contributed by atoms with Crippen LogP contribution < -0.4 is 0 Å². The highest BCUT2D eigenvalue weighted by molar-refractivity contribution is 5.47. The molecule has 0 radical (unpaired) electrons.